The first-order valence-corrected chi connectivity index (χ1v) is 7.69. The van der Waals surface area contributed by atoms with Crippen molar-refractivity contribution in [3.63, 3.8) is 0 Å². The molecule has 7 heteroatoms. The van der Waals surface area contributed by atoms with E-state index in [4.69, 9.17) is 5.84 Å². The topological polar surface area (TPSA) is 102 Å². The summed E-state index contributed by atoms with van der Waals surface area (Å²) >= 11 is 0. The molecule has 1 rings (SSSR count). The maximum Gasteiger partial charge on any atom is 0.234 e. The van der Waals surface area contributed by atoms with Gasteiger partial charge in [-0.1, -0.05) is 19.4 Å². The molecular formula is C12H19N3O3S. The minimum absolute atomic E-state index is 0.0376. The highest BCUT2D eigenvalue weighted by Crippen LogP contribution is 2.12. The van der Waals surface area contributed by atoms with Crippen LogP contribution in [0.25, 0.3) is 0 Å². The molecule has 1 aromatic heterocycles. The van der Waals surface area contributed by atoms with Crippen molar-refractivity contribution in [2.45, 2.75) is 37.9 Å². The van der Waals surface area contributed by atoms with Crippen molar-refractivity contribution in [2.24, 2.45) is 5.84 Å². The molecule has 1 aromatic rings. The number of carbonyl (C=O) groups excluding carboxylic acids is 1. The molecule has 0 aliphatic carbocycles. The Labute approximate surface area is 113 Å². The second-order valence-electron chi connectivity index (χ2n) is 4.25. The zero-order valence-electron chi connectivity index (χ0n) is 10.9. The minimum atomic E-state index is -3.85. The van der Waals surface area contributed by atoms with Gasteiger partial charge in [-0.25, -0.2) is 8.42 Å². The molecule has 0 amide bonds. The number of hydrazine groups is 1. The molecule has 0 bridgehead atoms. The van der Waals surface area contributed by atoms with Crippen molar-refractivity contribution in [2.75, 3.05) is 0 Å². The van der Waals surface area contributed by atoms with Crippen LogP contribution in [0.1, 0.15) is 31.9 Å². The van der Waals surface area contributed by atoms with Crippen LogP contribution in [-0.2, 0) is 21.2 Å². The Bertz CT molecular complexity index is 502. The number of carbonyl (C=O) groups is 1. The quantitative estimate of drug-likeness (QED) is 0.536. The number of aromatic nitrogens is 1. The van der Waals surface area contributed by atoms with Gasteiger partial charge in [-0.05, 0) is 18.6 Å². The highest BCUT2D eigenvalue weighted by Gasteiger charge is 2.31. The van der Waals surface area contributed by atoms with Crippen molar-refractivity contribution in [3.05, 3.63) is 30.1 Å². The summed E-state index contributed by atoms with van der Waals surface area (Å²) in [5, 5.41) is -1.18. The molecule has 3 N–H and O–H groups in total. The van der Waals surface area contributed by atoms with Crippen molar-refractivity contribution in [3.8, 4) is 0 Å². The van der Waals surface area contributed by atoms with Crippen LogP contribution in [0.3, 0.4) is 0 Å². The van der Waals surface area contributed by atoms with Gasteiger partial charge < -0.3 is 0 Å². The van der Waals surface area contributed by atoms with Gasteiger partial charge in [0.1, 0.15) is 5.25 Å². The monoisotopic (exact) mass is 285 g/mol. The Kier molecular flexibility index (Phi) is 6.07. The van der Waals surface area contributed by atoms with Gasteiger partial charge in [-0.3, -0.25) is 15.6 Å². The third-order valence-corrected chi connectivity index (χ3v) is 4.30. The van der Waals surface area contributed by atoms with E-state index < -0.39 is 15.3 Å². The lowest BCUT2D eigenvalue weighted by molar-refractivity contribution is -0.118. The first-order valence-electron chi connectivity index (χ1n) is 6.15. The average molecular weight is 285 g/mol. The molecule has 0 aliphatic heterocycles. The highest BCUT2D eigenvalue weighted by atomic mass is 32.2. The molecule has 1 unspecified atom stereocenters. The number of nitrogens with one attached hydrogen (secondary N) is 1. The fourth-order valence-electron chi connectivity index (χ4n) is 1.70. The smallest absolute Gasteiger partial charge is 0.234 e. The summed E-state index contributed by atoms with van der Waals surface area (Å²) in [5.74, 6) is 4.69. The van der Waals surface area contributed by atoms with Crippen molar-refractivity contribution in [1.82, 2.24) is 9.82 Å². The average Bonchev–Trinajstić information content (AvgIpc) is 2.43. The SMILES string of the molecule is CCCCC(=O)C(Cc1ccccn1)S(=O)(=O)NN. The zero-order chi connectivity index (χ0) is 14.3. The van der Waals surface area contributed by atoms with E-state index in [0.717, 1.165) is 6.42 Å². The predicted octanol–water partition coefficient (Wildman–Crippen LogP) is 0.545. The molecule has 0 radical (unpaired) electrons. The van der Waals surface area contributed by atoms with Crippen LogP contribution in [0.4, 0.5) is 0 Å². The third kappa shape index (κ3) is 4.70. The van der Waals surface area contributed by atoms with E-state index in [0.29, 0.717) is 12.1 Å². The van der Waals surface area contributed by atoms with Gasteiger partial charge in [0.2, 0.25) is 10.0 Å². The Hall–Kier alpha value is -1.31. The first-order chi connectivity index (χ1) is 9.01. The van der Waals surface area contributed by atoms with Crippen LogP contribution in [-0.4, -0.2) is 24.4 Å². The van der Waals surface area contributed by atoms with Crippen molar-refractivity contribution < 1.29 is 13.2 Å². The van der Waals surface area contributed by atoms with Gasteiger partial charge >= 0.3 is 0 Å². The second kappa shape index (κ2) is 7.32. The molecule has 1 heterocycles. The maximum absolute atomic E-state index is 12.0. The molecular weight excluding hydrogens is 266 g/mol. The normalized spacial score (nSPS) is 13.2. The number of sulfonamides is 1. The van der Waals surface area contributed by atoms with Crippen molar-refractivity contribution in [1.29, 1.82) is 0 Å². The zero-order valence-corrected chi connectivity index (χ0v) is 11.7. The van der Waals surface area contributed by atoms with Crippen LogP contribution in [0.15, 0.2) is 24.4 Å². The number of nitrogens with zero attached hydrogens (tertiary/aromatic N) is 1. The molecule has 0 spiro atoms. The lowest BCUT2D eigenvalue weighted by atomic mass is 10.1. The number of pyridine rings is 1. The molecule has 1 atom stereocenters. The number of unbranched alkanes of at least 4 members (excludes halogenated alkanes) is 1. The number of Topliss-reactive ketones (excluding diaryl/α,β-unsaturated/α-hetero) is 1. The molecule has 0 saturated heterocycles. The molecule has 6 nitrogen and oxygen atoms in total. The van der Waals surface area contributed by atoms with Crippen LogP contribution in [0, 0.1) is 0 Å². The van der Waals surface area contributed by atoms with Crippen LogP contribution in [0.2, 0.25) is 0 Å². The summed E-state index contributed by atoms with van der Waals surface area (Å²) in [5.41, 5.74) is 0.552. The van der Waals surface area contributed by atoms with E-state index in [1.54, 1.807) is 29.2 Å². The number of hydrogen-bond acceptors (Lipinski definition) is 5. The lowest BCUT2D eigenvalue weighted by Gasteiger charge is -2.15. The van der Waals surface area contributed by atoms with Gasteiger partial charge in [-0.2, -0.15) is 4.83 Å². The number of nitrogens with two attached hydrogens (primary N) is 1. The Morgan fingerprint density at radius 3 is 2.74 bits per heavy atom. The molecule has 0 saturated carbocycles. The summed E-state index contributed by atoms with van der Waals surface area (Å²) in [6, 6.07) is 5.16. The molecule has 0 aromatic carbocycles. The van der Waals surface area contributed by atoms with E-state index in [2.05, 4.69) is 4.98 Å². The van der Waals surface area contributed by atoms with E-state index >= 15 is 0 Å². The summed E-state index contributed by atoms with van der Waals surface area (Å²) in [6.45, 7) is 1.94. The Morgan fingerprint density at radius 1 is 1.47 bits per heavy atom. The van der Waals surface area contributed by atoms with Gasteiger partial charge in [0.25, 0.3) is 0 Å². The van der Waals surface area contributed by atoms with Crippen molar-refractivity contribution >= 4 is 15.8 Å². The van der Waals surface area contributed by atoms with Gasteiger partial charge in [-0.15, -0.1) is 0 Å². The Morgan fingerprint density at radius 2 is 2.21 bits per heavy atom. The van der Waals surface area contributed by atoms with Crippen LogP contribution < -0.4 is 10.7 Å². The molecule has 106 valence electrons. The van der Waals surface area contributed by atoms with Gasteiger partial charge in [0.15, 0.2) is 5.78 Å². The van der Waals surface area contributed by atoms with E-state index in [1.165, 1.54) is 0 Å². The largest absolute Gasteiger partial charge is 0.298 e. The number of rotatable bonds is 8. The molecule has 19 heavy (non-hydrogen) atoms. The van der Waals surface area contributed by atoms with Gasteiger partial charge in [0, 0.05) is 24.7 Å². The highest BCUT2D eigenvalue weighted by molar-refractivity contribution is 7.90. The standard InChI is InChI=1S/C12H19N3O3S/c1-2-3-7-11(16)12(19(17,18)15-13)9-10-6-4-5-8-14-10/h4-6,8,12,15H,2-3,7,9,13H2,1H3. The van der Waals surface area contributed by atoms with E-state index in [-0.39, 0.29) is 18.6 Å². The molecule has 0 fully saturated rings. The van der Waals surface area contributed by atoms with E-state index in [1.807, 2.05) is 6.92 Å². The first kappa shape index (κ1) is 15.7. The summed E-state index contributed by atoms with van der Waals surface area (Å²) in [7, 11) is -3.85. The fraction of sp³-hybridized carbons (Fsp3) is 0.500. The van der Waals surface area contributed by atoms with Crippen LogP contribution in [0.5, 0.6) is 0 Å². The second-order valence-corrected chi connectivity index (χ2v) is 6.14. The number of hydrogen-bond donors (Lipinski definition) is 2. The number of ketones is 1. The van der Waals surface area contributed by atoms with E-state index in [9.17, 15) is 13.2 Å². The summed E-state index contributed by atoms with van der Waals surface area (Å²) in [4.78, 5) is 17.8. The van der Waals surface area contributed by atoms with Gasteiger partial charge in [0.05, 0.1) is 0 Å². The minimum Gasteiger partial charge on any atom is -0.298 e. The molecule has 0 aliphatic rings. The Balaban J connectivity index is 2.90. The fourth-order valence-corrected chi connectivity index (χ4v) is 2.72. The summed E-state index contributed by atoms with van der Waals surface area (Å²) < 4.78 is 23.6. The summed E-state index contributed by atoms with van der Waals surface area (Å²) in [6.07, 6.45) is 3.33. The van der Waals surface area contributed by atoms with Crippen LogP contribution >= 0.6 is 0 Å². The maximum atomic E-state index is 12.0. The predicted molar refractivity (Wildman–Crippen MR) is 72.5 cm³/mol. The lowest BCUT2D eigenvalue weighted by Crippen LogP contribution is -2.44. The third-order valence-electron chi connectivity index (χ3n) is 2.80.